The molecule has 0 aliphatic heterocycles. The Bertz CT molecular complexity index is 507. The van der Waals surface area contributed by atoms with E-state index in [9.17, 15) is 4.79 Å². The maximum absolute atomic E-state index is 10.9. The molecule has 0 bridgehead atoms. The first kappa shape index (κ1) is 10.0. The van der Waals surface area contributed by atoms with Crippen LogP contribution >= 0.6 is 11.8 Å². The second-order valence-electron chi connectivity index (χ2n) is 3.12. The van der Waals surface area contributed by atoms with Crippen molar-refractivity contribution in [3.63, 3.8) is 0 Å². The van der Waals surface area contributed by atoms with Gasteiger partial charge in [0.1, 0.15) is 11.3 Å². The Labute approximate surface area is 90.7 Å². The second-order valence-corrected chi connectivity index (χ2v) is 3.99. The second kappa shape index (κ2) is 3.94. The van der Waals surface area contributed by atoms with Gasteiger partial charge in [-0.1, -0.05) is 6.07 Å². The third kappa shape index (κ3) is 1.83. The minimum Gasteiger partial charge on any atom is -0.478 e. The topological polar surface area (TPSA) is 66.0 Å². The van der Waals surface area contributed by atoms with Gasteiger partial charge in [0.2, 0.25) is 0 Å². The van der Waals surface area contributed by atoms with Crippen LogP contribution in [0.2, 0.25) is 0 Å². The quantitative estimate of drug-likeness (QED) is 0.834. The number of carboxylic acids is 1. The van der Waals surface area contributed by atoms with Gasteiger partial charge in [0.25, 0.3) is 0 Å². The number of carbonyl (C=O) groups is 1. The highest BCUT2D eigenvalue weighted by Crippen LogP contribution is 2.18. The molecule has 0 spiro atoms. The summed E-state index contributed by atoms with van der Waals surface area (Å²) < 4.78 is 0. The minimum atomic E-state index is -0.942. The van der Waals surface area contributed by atoms with E-state index >= 15 is 0 Å². The third-order valence-corrected chi connectivity index (χ3v) is 2.64. The summed E-state index contributed by atoms with van der Waals surface area (Å²) >= 11 is 1.64. The average molecular weight is 222 g/mol. The first-order valence-electron chi connectivity index (χ1n) is 4.42. The van der Waals surface area contributed by atoms with Gasteiger partial charge in [-0.15, -0.1) is 0 Å². The minimum absolute atomic E-state index is 0.246. The number of benzene rings is 1. The fourth-order valence-electron chi connectivity index (χ4n) is 1.46. The van der Waals surface area contributed by atoms with Crippen molar-refractivity contribution in [2.24, 2.45) is 0 Å². The monoisotopic (exact) mass is 222 g/mol. The number of hydrogen-bond acceptors (Lipinski definition) is 3. The molecule has 1 heterocycles. The number of nitrogens with one attached hydrogen (secondary N) is 1. The van der Waals surface area contributed by atoms with Crippen molar-refractivity contribution in [1.82, 2.24) is 9.97 Å². The smallest absolute Gasteiger partial charge is 0.337 e. The largest absolute Gasteiger partial charge is 0.478 e. The van der Waals surface area contributed by atoms with Crippen LogP contribution in [0.1, 0.15) is 16.2 Å². The fourth-order valence-corrected chi connectivity index (χ4v) is 1.87. The number of hydrogen-bond donors (Lipinski definition) is 2. The predicted octanol–water partition coefficient (Wildman–Crippen LogP) is 2.12. The van der Waals surface area contributed by atoms with E-state index < -0.39 is 5.97 Å². The Morgan fingerprint density at radius 2 is 2.40 bits per heavy atom. The number of thioether (sulfide) groups is 1. The fraction of sp³-hybridized carbons (Fsp3) is 0.200. The van der Waals surface area contributed by atoms with Crippen LogP contribution < -0.4 is 0 Å². The highest BCUT2D eigenvalue weighted by Gasteiger charge is 2.11. The Morgan fingerprint density at radius 3 is 3.07 bits per heavy atom. The molecule has 0 aliphatic carbocycles. The van der Waals surface area contributed by atoms with Crippen LogP contribution in [0, 0.1) is 0 Å². The summed E-state index contributed by atoms with van der Waals surface area (Å²) in [6.07, 6.45) is 1.98. The summed E-state index contributed by atoms with van der Waals surface area (Å²) in [6, 6.07) is 5.11. The van der Waals surface area contributed by atoms with E-state index in [4.69, 9.17) is 5.11 Å². The Balaban J connectivity index is 2.59. The van der Waals surface area contributed by atoms with Gasteiger partial charge < -0.3 is 10.1 Å². The molecule has 1 aromatic heterocycles. The molecule has 0 aliphatic rings. The molecule has 0 atom stereocenters. The van der Waals surface area contributed by atoms with Crippen molar-refractivity contribution in [2.75, 3.05) is 6.26 Å². The molecule has 0 saturated carbocycles. The van der Waals surface area contributed by atoms with Crippen molar-refractivity contribution in [3.05, 3.63) is 29.6 Å². The highest BCUT2D eigenvalue weighted by molar-refractivity contribution is 7.97. The number of H-pyrrole nitrogens is 1. The summed E-state index contributed by atoms with van der Waals surface area (Å²) in [5.41, 5.74) is 1.56. The van der Waals surface area contributed by atoms with Gasteiger partial charge in [-0.25, -0.2) is 9.78 Å². The summed E-state index contributed by atoms with van der Waals surface area (Å²) in [7, 11) is 0. The van der Waals surface area contributed by atoms with Gasteiger partial charge in [0.15, 0.2) is 0 Å². The van der Waals surface area contributed by atoms with E-state index in [2.05, 4.69) is 9.97 Å². The van der Waals surface area contributed by atoms with Crippen LogP contribution in [-0.2, 0) is 5.75 Å². The maximum atomic E-state index is 10.9. The number of para-hydroxylation sites is 1. The Hall–Kier alpha value is -1.49. The summed E-state index contributed by atoms with van der Waals surface area (Å²) in [4.78, 5) is 18.3. The Morgan fingerprint density at radius 1 is 1.60 bits per heavy atom. The number of rotatable bonds is 3. The zero-order chi connectivity index (χ0) is 10.8. The lowest BCUT2D eigenvalue weighted by molar-refractivity contribution is 0.0699. The van der Waals surface area contributed by atoms with E-state index in [-0.39, 0.29) is 5.56 Å². The van der Waals surface area contributed by atoms with E-state index in [0.717, 1.165) is 17.1 Å². The lowest BCUT2D eigenvalue weighted by Crippen LogP contribution is -1.96. The number of fused-ring (bicyclic) bond motifs is 1. The van der Waals surface area contributed by atoms with Crippen molar-refractivity contribution in [3.8, 4) is 0 Å². The standard InChI is InChI=1S/C10H10N2O2S/c1-15-5-8-11-7-4-2-3-6(10(13)14)9(7)12-8/h2-4H,5H2,1H3,(H,11,12)(H,13,14). The molecule has 5 heteroatoms. The van der Waals surface area contributed by atoms with Gasteiger partial charge in [-0.05, 0) is 18.4 Å². The average Bonchev–Trinajstić information content (AvgIpc) is 2.59. The number of nitrogens with zero attached hydrogens (tertiary/aromatic N) is 1. The predicted molar refractivity (Wildman–Crippen MR) is 60.3 cm³/mol. The van der Waals surface area contributed by atoms with Crippen molar-refractivity contribution in [2.45, 2.75) is 5.75 Å². The molecule has 0 saturated heterocycles. The molecular formula is C10H10N2O2S. The third-order valence-electron chi connectivity index (χ3n) is 2.07. The van der Waals surface area contributed by atoms with Crippen LogP contribution in [0.3, 0.4) is 0 Å². The molecule has 0 unspecified atom stereocenters. The van der Waals surface area contributed by atoms with Crippen LogP contribution in [0.25, 0.3) is 11.0 Å². The van der Waals surface area contributed by atoms with Crippen molar-refractivity contribution in [1.29, 1.82) is 0 Å². The normalized spacial score (nSPS) is 10.7. The highest BCUT2D eigenvalue weighted by atomic mass is 32.2. The molecule has 4 nitrogen and oxygen atoms in total. The molecule has 2 rings (SSSR count). The van der Waals surface area contributed by atoms with E-state index in [0.29, 0.717) is 5.52 Å². The van der Waals surface area contributed by atoms with Gasteiger partial charge in [0, 0.05) is 0 Å². The number of aromatic carboxylic acids is 1. The summed E-state index contributed by atoms with van der Waals surface area (Å²) in [6.45, 7) is 0. The summed E-state index contributed by atoms with van der Waals surface area (Å²) in [5, 5.41) is 8.96. The van der Waals surface area contributed by atoms with Crippen molar-refractivity contribution < 1.29 is 9.90 Å². The first-order chi connectivity index (χ1) is 7.22. The molecule has 2 aromatic rings. The van der Waals surface area contributed by atoms with E-state index in [1.165, 1.54) is 0 Å². The molecular weight excluding hydrogens is 212 g/mol. The number of carboxylic acid groups (broad SMARTS) is 1. The van der Waals surface area contributed by atoms with Crippen LogP contribution in [-0.4, -0.2) is 27.3 Å². The molecule has 2 N–H and O–H groups in total. The molecule has 78 valence electrons. The number of imidazole rings is 1. The lowest BCUT2D eigenvalue weighted by atomic mass is 10.2. The first-order valence-corrected chi connectivity index (χ1v) is 5.81. The van der Waals surface area contributed by atoms with Crippen molar-refractivity contribution >= 4 is 28.8 Å². The molecule has 0 radical (unpaired) electrons. The zero-order valence-corrected chi connectivity index (χ0v) is 8.97. The van der Waals surface area contributed by atoms with Gasteiger partial charge in [0.05, 0.1) is 16.8 Å². The van der Waals surface area contributed by atoms with E-state index in [1.807, 2.05) is 12.3 Å². The molecule has 0 fully saturated rings. The van der Waals surface area contributed by atoms with Gasteiger partial charge in [-0.3, -0.25) is 0 Å². The summed E-state index contributed by atoms with van der Waals surface area (Å²) in [5.74, 6) is 0.627. The number of aromatic amines is 1. The molecule has 1 aromatic carbocycles. The zero-order valence-electron chi connectivity index (χ0n) is 8.15. The Kier molecular flexibility index (Phi) is 2.64. The van der Waals surface area contributed by atoms with Gasteiger partial charge >= 0.3 is 5.97 Å². The maximum Gasteiger partial charge on any atom is 0.337 e. The van der Waals surface area contributed by atoms with E-state index in [1.54, 1.807) is 23.9 Å². The van der Waals surface area contributed by atoms with Crippen LogP contribution in [0.4, 0.5) is 0 Å². The molecule has 0 amide bonds. The lowest BCUT2D eigenvalue weighted by Gasteiger charge is -1.93. The molecule has 15 heavy (non-hydrogen) atoms. The van der Waals surface area contributed by atoms with Crippen LogP contribution in [0.15, 0.2) is 18.2 Å². The van der Waals surface area contributed by atoms with Crippen LogP contribution in [0.5, 0.6) is 0 Å². The SMILES string of the molecule is CSCc1nc2c(C(=O)O)cccc2[nH]1. The van der Waals surface area contributed by atoms with Gasteiger partial charge in [-0.2, -0.15) is 11.8 Å². The number of aromatic nitrogens is 2.